The summed E-state index contributed by atoms with van der Waals surface area (Å²) in [5.74, 6) is 0. The van der Waals surface area contributed by atoms with Crippen LogP contribution in [0.3, 0.4) is 0 Å². The van der Waals surface area contributed by atoms with Gasteiger partial charge in [0, 0.05) is 6.54 Å². The van der Waals surface area contributed by atoms with Crippen molar-refractivity contribution >= 4 is 0 Å². The largest absolute Gasteiger partial charge is 0.394 e. The Bertz CT molecular complexity index is 376. The first kappa shape index (κ1) is 17.0. The molecule has 0 spiro atoms. The monoisotopic (exact) mass is 287 g/mol. The Balaban J connectivity index is 2.47. The van der Waals surface area contributed by atoms with Gasteiger partial charge in [-0.15, -0.1) is 0 Å². The molecule has 7 N–H and O–H groups in total. The lowest BCUT2D eigenvalue weighted by Gasteiger charge is -2.28. The molecule has 7 heteroatoms. The maximum absolute atomic E-state index is 9.68. The molecule has 0 saturated heterocycles. The maximum Gasteiger partial charge on any atom is 0.134 e. The van der Waals surface area contributed by atoms with Crippen LogP contribution >= 0.6 is 0 Å². The maximum atomic E-state index is 9.68. The highest BCUT2D eigenvalue weighted by atomic mass is 16.4. The van der Waals surface area contributed by atoms with Crippen LogP contribution in [0.2, 0.25) is 0 Å². The van der Waals surface area contributed by atoms with Crippen LogP contribution in [0, 0.1) is 0 Å². The lowest BCUT2D eigenvalue weighted by Crippen LogP contribution is -2.53. The van der Waals surface area contributed by atoms with Gasteiger partial charge in [-0.2, -0.15) is 0 Å². The lowest BCUT2D eigenvalue weighted by molar-refractivity contribution is -0.145. The first-order chi connectivity index (χ1) is 9.47. The van der Waals surface area contributed by atoms with E-state index in [1.165, 1.54) is 0 Å². The predicted octanol–water partition coefficient (Wildman–Crippen LogP) is -2.47. The fourth-order valence-electron chi connectivity index (χ4n) is 1.66. The van der Waals surface area contributed by atoms with Crippen molar-refractivity contribution in [2.45, 2.75) is 37.2 Å². The van der Waals surface area contributed by atoms with Crippen molar-refractivity contribution in [2.24, 2.45) is 0 Å². The van der Waals surface area contributed by atoms with E-state index in [0.29, 0.717) is 0 Å². The lowest BCUT2D eigenvalue weighted by atomic mass is 10.0. The first-order valence-corrected chi connectivity index (χ1v) is 6.26. The number of hydrogen-bond acceptors (Lipinski definition) is 7. The second-order valence-electron chi connectivity index (χ2n) is 4.53. The molecule has 5 atom stereocenters. The number of rotatable bonds is 8. The molecule has 0 fully saturated rings. The molecule has 0 radical (unpaired) electrons. The molecule has 7 nitrogen and oxygen atoms in total. The van der Waals surface area contributed by atoms with E-state index >= 15 is 0 Å². The fourth-order valence-corrected chi connectivity index (χ4v) is 1.66. The van der Waals surface area contributed by atoms with E-state index in [0.717, 1.165) is 5.56 Å². The van der Waals surface area contributed by atoms with E-state index in [9.17, 15) is 20.4 Å². The van der Waals surface area contributed by atoms with Crippen molar-refractivity contribution in [3.05, 3.63) is 35.9 Å². The van der Waals surface area contributed by atoms with Gasteiger partial charge >= 0.3 is 0 Å². The molecule has 0 aliphatic carbocycles. The molecule has 0 aliphatic heterocycles. The van der Waals surface area contributed by atoms with Crippen LogP contribution < -0.4 is 5.32 Å². The number of aliphatic hydroxyl groups excluding tert-OH is 6. The van der Waals surface area contributed by atoms with Crippen LogP contribution in [0.25, 0.3) is 0 Å². The van der Waals surface area contributed by atoms with Crippen molar-refractivity contribution < 1.29 is 30.6 Å². The number of aliphatic hydroxyl groups is 6. The summed E-state index contributed by atoms with van der Waals surface area (Å²) in [6.07, 6.45) is -8.36. The number of hydrogen-bond donors (Lipinski definition) is 7. The third-order valence-corrected chi connectivity index (χ3v) is 2.96. The van der Waals surface area contributed by atoms with Gasteiger partial charge in [-0.1, -0.05) is 30.3 Å². The molecule has 0 heterocycles. The molecule has 0 aliphatic rings. The molecule has 0 saturated carbocycles. The van der Waals surface area contributed by atoms with Gasteiger partial charge in [0.1, 0.15) is 30.6 Å². The van der Waals surface area contributed by atoms with Gasteiger partial charge in [-0.3, -0.25) is 5.32 Å². The van der Waals surface area contributed by atoms with Gasteiger partial charge in [0.25, 0.3) is 0 Å². The van der Waals surface area contributed by atoms with Gasteiger partial charge in [0.2, 0.25) is 0 Å². The van der Waals surface area contributed by atoms with Crippen molar-refractivity contribution in [1.82, 2.24) is 5.32 Å². The van der Waals surface area contributed by atoms with E-state index in [1.54, 1.807) is 0 Å². The first-order valence-electron chi connectivity index (χ1n) is 6.26. The van der Waals surface area contributed by atoms with Crippen LogP contribution in [0.15, 0.2) is 30.3 Å². The van der Waals surface area contributed by atoms with Gasteiger partial charge in [0.05, 0.1) is 6.61 Å². The SMILES string of the molecule is OC[C@@H](O)[C@@H](O)[C@H](O)[C@@H](O)C(O)NCc1ccccc1. The van der Waals surface area contributed by atoms with Crippen molar-refractivity contribution in [2.75, 3.05) is 6.61 Å². The molecule has 0 bridgehead atoms. The Morgan fingerprint density at radius 2 is 1.45 bits per heavy atom. The summed E-state index contributed by atoms with van der Waals surface area (Å²) >= 11 is 0. The standard InChI is InChI=1S/C13H21NO6/c15-7-9(16)10(17)11(18)12(19)13(20)14-6-8-4-2-1-3-5-8/h1-5,9-20H,6-7H2/t9-,10-,11+,12-,13?/m1/s1. The van der Waals surface area contributed by atoms with Crippen LogP contribution in [-0.4, -0.2) is 67.9 Å². The Hall–Kier alpha value is -1.06. The molecule has 114 valence electrons. The molecule has 20 heavy (non-hydrogen) atoms. The zero-order chi connectivity index (χ0) is 15.1. The zero-order valence-electron chi connectivity index (χ0n) is 10.9. The number of nitrogens with one attached hydrogen (secondary N) is 1. The molecule has 0 aromatic heterocycles. The summed E-state index contributed by atoms with van der Waals surface area (Å²) in [5.41, 5.74) is 0.865. The van der Waals surface area contributed by atoms with Crippen molar-refractivity contribution in [3.63, 3.8) is 0 Å². The Morgan fingerprint density at radius 1 is 0.850 bits per heavy atom. The second-order valence-corrected chi connectivity index (χ2v) is 4.53. The van der Waals surface area contributed by atoms with Crippen LogP contribution in [0.1, 0.15) is 5.56 Å². The molecule has 1 unspecified atom stereocenters. The topological polar surface area (TPSA) is 133 Å². The fraction of sp³-hybridized carbons (Fsp3) is 0.538. The highest BCUT2D eigenvalue weighted by Gasteiger charge is 2.33. The summed E-state index contributed by atoms with van der Waals surface area (Å²) < 4.78 is 0. The van der Waals surface area contributed by atoms with E-state index in [4.69, 9.17) is 10.2 Å². The van der Waals surface area contributed by atoms with E-state index < -0.39 is 37.3 Å². The third kappa shape index (κ3) is 4.80. The molecular weight excluding hydrogens is 266 g/mol. The van der Waals surface area contributed by atoms with Gasteiger partial charge in [0.15, 0.2) is 0 Å². The normalized spacial score (nSPS) is 19.1. The van der Waals surface area contributed by atoms with E-state index in [2.05, 4.69) is 5.32 Å². The Labute approximate surface area is 116 Å². The average molecular weight is 287 g/mol. The minimum absolute atomic E-state index is 0.254. The predicted molar refractivity (Wildman–Crippen MR) is 70.4 cm³/mol. The second kappa shape index (κ2) is 8.28. The summed E-state index contributed by atoms with van der Waals surface area (Å²) in [6.45, 7) is -0.511. The quantitative estimate of drug-likeness (QED) is 0.263. The average Bonchev–Trinajstić information content (AvgIpc) is 2.50. The van der Waals surface area contributed by atoms with Crippen LogP contribution in [0.5, 0.6) is 0 Å². The van der Waals surface area contributed by atoms with Crippen molar-refractivity contribution in [3.8, 4) is 0 Å². The Kier molecular flexibility index (Phi) is 7.03. The van der Waals surface area contributed by atoms with Gasteiger partial charge < -0.3 is 30.6 Å². The van der Waals surface area contributed by atoms with E-state index in [-0.39, 0.29) is 6.54 Å². The smallest absolute Gasteiger partial charge is 0.134 e. The van der Waals surface area contributed by atoms with Gasteiger partial charge in [-0.05, 0) is 5.56 Å². The molecular formula is C13H21NO6. The third-order valence-electron chi connectivity index (χ3n) is 2.96. The zero-order valence-corrected chi connectivity index (χ0v) is 10.9. The van der Waals surface area contributed by atoms with Crippen LogP contribution in [-0.2, 0) is 6.54 Å². The molecule has 0 amide bonds. The minimum atomic E-state index is -1.80. The van der Waals surface area contributed by atoms with Crippen LogP contribution in [0.4, 0.5) is 0 Å². The van der Waals surface area contributed by atoms with Crippen molar-refractivity contribution in [1.29, 1.82) is 0 Å². The highest BCUT2D eigenvalue weighted by Crippen LogP contribution is 2.08. The van der Waals surface area contributed by atoms with Gasteiger partial charge in [-0.25, -0.2) is 0 Å². The molecule has 1 rings (SSSR count). The molecule has 1 aromatic carbocycles. The number of benzene rings is 1. The summed E-state index contributed by atoms with van der Waals surface area (Å²) in [4.78, 5) is 0. The minimum Gasteiger partial charge on any atom is -0.394 e. The van der Waals surface area contributed by atoms with E-state index in [1.807, 2.05) is 30.3 Å². The Morgan fingerprint density at radius 3 is 2.00 bits per heavy atom. The highest BCUT2D eigenvalue weighted by molar-refractivity contribution is 5.14. The summed E-state index contributed by atoms with van der Waals surface area (Å²) in [5, 5.41) is 58.7. The molecule has 1 aromatic rings. The summed E-state index contributed by atoms with van der Waals surface area (Å²) in [6, 6.07) is 9.09. The summed E-state index contributed by atoms with van der Waals surface area (Å²) in [7, 11) is 0.